The summed E-state index contributed by atoms with van der Waals surface area (Å²) in [4.78, 5) is 23.4. The smallest absolute Gasteiger partial charge is 0.344 e. The predicted molar refractivity (Wildman–Crippen MR) is 132 cm³/mol. The lowest BCUT2D eigenvalue weighted by molar-refractivity contribution is -0.137. The Hall–Kier alpha value is -2.66. The van der Waals surface area contributed by atoms with Crippen molar-refractivity contribution >= 4 is 26.1 Å². The molecule has 3 N–H and O–H groups in total. The SMILES string of the molecule is CS(=O)(=O)O.CS(=O)(=O)O.Cc1cc(-c2ccc(C(F)(F)F)cc2)nc([C@H]2CC[C@@]3(CCN(C)C3=O)N2)n1. The fourth-order valence-corrected chi connectivity index (χ4v) is 4.09. The minimum absolute atomic E-state index is 0.102. The number of hydrogen-bond acceptors (Lipinski definition) is 8. The van der Waals surface area contributed by atoms with Crippen LogP contribution in [-0.2, 0) is 31.2 Å². The summed E-state index contributed by atoms with van der Waals surface area (Å²) >= 11 is 0. The Labute approximate surface area is 219 Å². The first-order chi connectivity index (χ1) is 17.2. The van der Waals surface area contributed by atoms with Gasteiger partial charge in [0.15, 0.2) is 0 Å². The van der Waals surface area contributed by atoms with Crippen LogP contribution in [0.25, 0.3) is 11.3 Å². The highest BCUT2D eigenvalue weighted by molar-refractivity contribution is 7.85. The first kappa shape index (κ1) is 31.6. The standard InChI is InChI=1S/C20H21F3N4O.2CH4O3S/c1-12-11-16(13-3-5-14(6-4-13)20(21,22)23)25-17(24-12)15-7-8-19(26-15)9-10-27(2)18(19)28;2*1-5(2,3)4/h3-6,11,15,26H,7-10H2,1-2H3;2*1H3,(H,2,3,4)/t15-,19+;;/m1../s1. The summed E-state index contributed by atoms with van der Waals surface area (Å²) in [5.41, 5.74) is 0.683. The highest BCUT2D eigenvalue weighted by atomic mass is 32.2. The van der Waals surface area contributed by atoms with E-state index < -0.39 is 37.5 Å². The number of hydrogen-bond donors (Lipinski definition) is 3. The van der Waals surface area contributed by atoms with Crippen LogP contribution in [0, 0.1) is 6.92 Å². The molecule has 4 rings (SSSR count). The summed E-state index contributed by atoms with van der Waals surface area (Å²) in [5.74, 6) is 0.680. The van der Waals surface area contributed by atoms with E-state index in [2.05, 4.69) is 15.3 Å². The van der Waals surface area contributed by atoms with Crippen LogP contribution in [0.1, 0.15) is 42.4 Å². The van der Waals surface area contributed by atoms with Gasteiger partial charge in [0.1, 0.15) is 11.4 Å². The van der Waals surface area contributed by atoms with E-state index in [1.807, 2.05) is 6.92 Å². The Bertz CT molecular complexity index is 1320. The van der Waals surface area contributed by atoms with Crippen molar-refractivity contribution in [3.05, 3.63) is 47.4 Å². The van der Waals surface area contributed by atoms with Crippen molar-refractivity contribution < 1.29 is 43.9 Å². The fraction of sp³-hybridized carbons (Fsp3) is 0.500. The summed E-state index contributed by atoms with van der Waals surface area (Å²) in [5, 5.41) is 3.43. The molecular formula is C22H29F3N4O7S2. The van der Waals surface area contributed by atoms with Crippen LogP contribution in [-0.4, -0.2) is 78.4 Å². The van der Waals surface area contributed by atoms with E-state index in [-0.39, 0.29) is 11.9 Å². The van der Waals surface area contributed by atoms with Gasteiger partial charge in [-0.15, -0.1) is 0 Å². The molecule has 212 valence electrons. The minimum atomic E-state index is -4.37. The van der Waals surface area contributed by atoms with Gasteiger partial charge < -0.3 is 4.90 Å². The number of halogens is 3. The summed E-state index contributed by atoms with van der Waals surface area (Å²) < 4.78 is 90.1. The molecule has 2 aliphatic rings. The van der Waals surface area contributed by atoms with Gasteiger partial charge >= 0.3 is 6.18 Å². The zero-order chi connectivity index (χ0) is 29.1. The quantitative estimate of drug-likeness (QED) is 0.448. The normalized spacial score (nSPS) is 21.6. The number of likely N-dealkylation sites (N-methyl/N-ethyl adjacent to an activating group) is 1. The molecule has 2 saturated heterocycles. The number of benzene rings is 1. The number of alkyl halides is 3. The number of carbonyl (C=O) groups is 1. The second-order valence-electron chi connectivity index (χ2n) is 9.09. The predicted octanol–water partition coefficient (Wildman–Crippen LogP) is 2.50. The molecule has 2 fully saturated rings. The Kier molecular flexibility index (Phi) is 9.64. The maximum atomic E-state index is 12.8. The Balaban J connectivity index is 0.000000435. The number of nitrogens with zero attached hydrogens (tertiary/aromatic N) is 3. The Morgan fingerprint density at radius 2 is 1.55 bits per heavy atom. The third-order valence-electron chi connectivity index (χ3n) is 5.63. The molecule has 0 radical (unpaired) electrons. The van der Waals surface area contributed by atoms with E-state index in [0.717, 1.165) is 43.6 Å². The molecule has 1 aromatic carbocycles. The van der Waals surface area contributed by atoms with E-state index >= 15 is 0 Å². The highest BCUT2D eigenvalue weighted by Gasteiger charge is 2.50. The largest absolute Gasteiger partial charge is 0.416 e. The number of carbonyl (C=O) groups excluding carboxylic acids is 1. The topological polar surface area (TPSA) is 167 Å². The second-order valence-corrected chi connectivity index (χ2v) is 12.0. The van der Waals surface area contributed by atoms with Crippen LogP contribution in [0.4, 0.5) is 13.2 Å². The van der Waals surface area contributed by atoms with Gasteiger partial charge in [-0.25, -0.2) is 9.97 Å². The second kappa shape index (κ2) is 11.6. The van der Waals surface area contributed by atoms with Crippen LogP contribution in [0.3, 0.4) is 0 Å². The van der Waals surface area contributed by atoms with E-state index in [9.17, 15) is 34.8 Å². The zero-order valence-corrected chi connectivity index (χ0v) is 22.7. The summed E-state index contributed by atoms with van der Waals surface area (Å²) in [6.07, 6.45) is -0.700. The van der Waals surface area contributed by atoms with Gasteiger partial charge in [-0.1, -0.05) is 12.1 Å². The van der Waals surface area contributed by atoms with Gasteiger partial charge in [-0.05, 0) is 44.4 Å². The van der Waals surface area contributed by atoms with Crippen LogP contribution >= 0.6 is 0 Å². The van der Waals surface area contributed by atoms with Crippen molar-refractivity contribution in [1.29, 1.82) is 0 Å². The van der Waals surface area contributed by atoms with Crippen molar-refractivity contribution in [2.75, 3.05) is 26.1 Å². The minimum Gasteiger partial charge on any atom is -0.344 e. The Morgan fingerprint density at radius 3 is 2.00 bits per heavy atom. The van der Waals surface area contributed by atoms with Crippen LogP contribution in [0.15, 0.2) is 30.3 Å². The first-order valence-electron chi connectivity index (χ1n) is 11.1. The number of aromatic nitrogens is 2. The summed E-state index contributed by atoms with van der Waals surface area (Å²) in [6, 6.07) is 6.57. The molecule has 3 heterocycles. The zero-order valence-electron chi connectivity index (χ0n) is 21.0. The average Bonchev–Trinajstić information content (AvgIpc) is 3.30. The van der Waals surface area contributed by atoms with Crippen molar-refractivity contribution in [3.63, 3.8) is 0 Å². The van der Waals surface area contributed by atoms with Gasteiger partial charge in [0.2, 0.25) is 5.91 Å². The molecule has 0 bridgehead atoms. The molecule has 0 aliphatic carbocycles. The molecule has 11 nitrogen and oxygen atoms in total. The monoisotopic (exact) mass is 582 g/mol. The van der Waals surface area contributed by atoms with E-state index in [1.165, 1.54) is 12.1 Å². The third-order valence-corrected chi connectivity index (χ3v) is 5.63. The number of rotatable bonds is 2. The molecule has 1 aromatic heterocycles. The third kappa shape index (κ3) is 9.58. The maximum Gasteiger partial charge on any atom is 0.416 e. The molecule has 38 heavy (non-hydrogen) atoms. The lowest BCUT2D eigenvalue weighted by atomic mass is 9.96. The lowest BCUT2D eigenvalue weighted by Gasteiger charge is -2.23. The molecule has 0 saturated carbocycles. The van der Waals surface area contributed by atoms with Gasteiger partial charge in [0, 0.05) is 24.8 Å². The molecule has 16 heteroatoms. The van der Waals surface area contributed by atoms with Crippen LogP contribution in [0.5, 0.6) is 0 Å². The molecule has 1 amide bonds. The van der Waals surface area contributed by atoms with E-state index in [0.29, 0.717) is 29.6 Å². The van der Waals surface area contributed by atoms with Crippen molar-refractivity contribution in [2.24, 2.45) is 0 Å². The average molecular weight is 583 g/mol. The first-order valence-corrected chi connectivity index (χ1v) is 14.8. The summed E-state index contributed by atoms with van der Waals surface area (Å²) in [6.45, 7) is 2.56. The number of aryl methyl sites for hydroxylation is 1. The van der Waals surface area contributed by atoms with Gasteiger partial charge in [0.05, 0.1) is 29.8 Å². The van der Waals surface area contributed by atoms with Gasteiger partial charge in [0.25, 0.3) is 20.2 Å². The fourth-order valence-electron chi connectivity index (χ4n) is 4.09. The molecule has 2 atom stereocenters. The maximum absolute atomic E-state index is 12.8. The molecule has 0 unspecified atom stereocenters. The van der Waals surface area contributed by atoms with Gasteiger partial charge in [-0.2, -0.15) is 30.0 Å². The lowest BCUT2D eigenvalue weighted by Crippen LogP contribution is -2.47. The summed E-state index contributed by atoms with van der Waals surface area (Å²) in [7, 11) is -5.53. The molecular weight excluding hydrogens is 553 g/mol. The van der Waals surface area contributed by atoms with Crippen molar-refractivity contribution in [2.45, 2.75) is 43.9 Å². The Morgan fingerprint density at radius 1 is 1.03 bits per heavy atom. The number of amides is 1. The van der Waals surface area contributed by atoms with Gasteiger partial charge in [-0.3, -0.25) is 19.2 Å². The van der Waals surface area contributed by atoms with Crippen LogP contribution < -0.4 is 5.32 Å². The van der Waals surface area contributed by atoms with Crippen LogP contribution in [0.2, 0.25) is 0 Å². The molecule has 2 aromatic rings. The molecule has 2 aliphatic heterocycles. The van der Waals surface area contributed by atoms with Crippen molar-refractivity contribution in [1.82, 2.24) is 20.2 Å². The van der Waals surface area contributed by atoms with E-state index in [1.54, 1.807) is 18.0 Å². The number of likely N-dealkylation sites (tertiary alicyclic amines) is 1. The highest BCUT2D eigenvalue weighted by Crippen LogP contribution is 2.38. The molecule has 1 spiro atoms. The number of nitrogens with one attached hydrogen (secondary N) is 1. The van der Waals surface area contributed by atoms with E-state index in [4.69, 9.17) is 9.11 Å². The van der Waals surface area contributed by atoms with Crippen molar-refractivity contribution in [3.8, 4) is 11.3 Å².